The maximum atomic E-state index is 15.2. The van der Waals surface area contributed by atoms with E-state index >= 15 is 4.39 Å². The lowest BCUT2D eigenvalue weighted by Gasteiger charge is -2.38. The molecule has 41 heavy (non-hydrogen) atoms. The normalized spacial score (nSPS) is 18.4. The number of benzene rings is 3. The van der Waals surface area contributed by atoms with Crippen molar-refractivity contribution in [2.75, 3.05) is 33.9 Å². The molecule has 2 amide bonds. The molecule has 2 heterocycles. The summed E-state index contributed by atoms with van der Waals surface area (Å²) in [5.74, 6) is 2.72. The highest BCUT2D eigenvalue weighted by Gasteiger charge is 2.45. The molecule has 3 aromatic carbocycles. The first-order valence-electron chi connectivity index (χ1n) is 13.8. The zero-order chi connectivity index (χ0) is 29.0. The summed E-state index contributed by atoms with van der Waals surface area (Å²) in [4.78, 5) is 30.6. The number of ether oxygens (including phenoxy) is 2. The van der Waals surface area contributed by atoms with Crippen LogP contribution >= 0.6 is 0 Å². The number of hydrogen-bond acceptors (Lipinski definition) is 4. The standard InChI is InChI=1S/C33H32F2N2O4/c1-40-27-22-26(28(34)30(41-2)29(27)35)32(39)37-20-7-17-33(37)16-6-19-36(21-18-33)31(38)25-14-12-24(13-15-25)11-10-23-8-4-3-5-9-23/h3-5,8-9,12-15,22H,6-7,16-21H2,1-2H3. The molecular weight excluding hydrogens is 526 g/mol. The second-order valence-corrected chi connectivity index (χ2v) is 10.4. The molecule has 1 unspecified atom stereocenters. The van der Waals surface area contributed by atoms with Gasteiger partial charge < -0.3 is 19.3 Å². The van der Waals surface area contributed by atoms with Gasteiger partial charge in [-0.05, 0) is 74.6 Å². The van der Waals surface area contributed by atoms with E-state index in [-0.39, 0.29) is 17.2 Å². The molecule has 0 radical (unpaired) electrons. The van der Waals surface area contributed by atoms with E-state index in [2.05, 4.69) is 11.8 Å². The fourth-order valence-corrected chi connectivity index (χ4v) is 5.92. The molecule has 0 N–H and O–H groups in total. The van der Waals surface area contributed by atoms with Crippen molar-refractivity contribution in [2.24, 2.45) is 0 Å². The van der Waals surface area contributed by atoms with Crippen LogP contribution in [0.25, 0.3) is 0 Å². The molecular formula is C33H32F2N2O4. The molecule has 1 atom stereocenters. The molecule has 0 bridgehead atoms. The highest BCUT2D eigenvalue weighted by Crippen LogP contribution is 2.41. The van der Waals surface area contributed by atoms with Gasteiger partial charge in [-0.3, -0.25) is 9.59 Å². The van der Waals surface area contributed by atoms with Crippen molar-refractivity contribution in [3.63, 3.8) is 0 Å². The number of methoxy groups -OCH3 is 2. The van der Waals surface area contributed by atoms with Crippen LogP contribution < -0.4 is 9.47 Å². The Morgan fingerprint density at radius 1 is 0.780 bits per heavy atom. The summed E-state index contributed by atoms with van der Waals surface area (Å²) in [6.45, 7) is 1.49. The minimum Gasteiger partial charge on any atom is -0.494 e. The minimum atomic E-state index is -1.04. The van der Waals surface area contributed by atoms with Crippen molar-refractivity contribution in [3.05, 3.63) is 94.6 Å². The quantitative estimate of drug-likeness (QED) is 0.387. The first kappa shape index (κ1) is 28.2. The highest BCUT2D eigenvalue weighted by atomic mass is 19.1. The number of nitrogens with zero attached hydrogens (tertiary/aromatic N) is 2. The molecule has 5 rings (SSSR count). The maximum Gasteiger partial charge on any atom is 0.257 e. The van der Waals surface area contributed by atoms with Crippen LogP contribution in [0.4, 0.5) is 8.78 Å². The van der Waals surface area contributed by atoms with Crippen molar-refractivity contribution < 1.29 is 27.8 Å². The average Bonchev–Trinajstić information content (AvgIpc) is 3.29. The molecule has 2 aliphatic heterocycles. The lowest BCUT2D eigenvalue weighted by molar-refractivity contribution is 0.0549. The first-order chi connectivity index (χ1) is 19.9. The third-order valence-electron chi connectivity index (χ3n) is 8.08. The smallest absolute Gasteiger partial charge is 0.257 e. The van der Waals surface area contributed by atoms with Crippen molar-refractivity contribution in [1.29, 1.82) is 0 Å². The Labute approximate surface area is 238 Å². The van der Waals surface area contributed by atoms with Gasteiger partial charge in [0.2, 0.25) is 5.82 Å². The number of carbonyl (C=O) groups is 2. The number of amides is 2. The van der Waals surface area contributed by atoms with Gasteiger partial charge in [0.15, 0.2) is 17.3 Å². The Bertz CT molecular complexity index is 1500. The first-order valence-corrected chi connectivity index (χ1v) is 13.8. The van der Waals surface area contributed by atoms with Gasteiger partial charge in [0.25, 0.3) is 11.8 Å². The Kier molecular flexibility index (Phi) is 8.25. The summed E-state index contributed by atoms with van der Waals surface area (Å²) in [7, 11) is 2.40. The van der Waals surface area contributed by atoms with Gasteiger partial charge in [-0.15, -0.1) is 0 Å². The van der Waals surface area contributed by atoms with Crippen LogP contribution in [-0.2, 0) is 0 Å². The van der Waals surface area contributed by atoms with E-state index in [0.717, 1.165) is 37.1 Å². The Morgan fingerprint density at radius 2 is 1.44 bits per heavy atom. The molecule has 212 valence electrons. The maximum absolute atomic E-state index is 15.2. The van der Waals surface area contributed by atoms with Gasteiger partial charge in [-0.2, -0.15) is 4.39 Å². The van der Waals surface area contributed by atoms with Crippen molar-refractivity contribution >= 4 is 11.8 Å². The SMILES string of the molecule is COc1cc(C(=O)N2CCCC23CCCN(C(=O)c2ccc(C#Cc4ccccc4)cc2)CC3)c(F)c(OC)c1F. The van der Waals surface area contributed by atoms with Crippen molar-refractivity contribution in [1.82, 2.24) is 9.80 Å². The van der Waals surface area contributed by atoms with Gasteiger partial charge in [0, 0.05) is 41.9 Å². The average molecular weight is 559 g/mol. The number of likely N-dealkylation sites (tertiary alicyclic amines) is 2. The van der Waals surface area contributed by atoms with Crippen LogP contribution in [0.2, 0.25) is 0 Å². The van der Waals surface area contributed by atoms with Crippen molar-refractivity contribution in [3.8, 4) is 23.3 Å². The molecule has 0 saturated carbocycles. The summed E-state index contributed by atoms with van der Waals surface area (Å²) in [5.41, 5.74) is 1.53. The number of rotatable bonds is 4. The van der Waals surface area contributed by atoms with E-state index < -0.39 is 28.8 Å². The van der Waals surface area contributed by atoms with E-state index in [9.17, 15) is 14.0 Å². The van der Waals surface area contributed by atoms with Gasteiger partial charge in [0.1, 0.15) is 0 Å². The lowest BCUT2D eigenvalue weighted by atomic mass is 9.87. The van der Waals surface area contributed by atoms with Gasteiger partial charge in [0.05, 0.1) is 19.8 Å². The topological polar surface area (TPSA) is 59.1 Å². The summed E-state index contributed by atoms with van der Waals surface area (Å²) in [5, 5.41) is 0. The predicted octanol–water partition coefficient (Wildman–Crippen LogP) is 5.68. The second-order valence-electron chi connectivity index (χ2n) is 10.4. The van der Waals surface area contributed by atoms with E-state index in [1.807, 2.05) is 47.4 Å². The Morgan fingerprint density at radius 3 is 2.10 bits per heavy atom. The summed E-state index contributed by atoms with van der Waals surface area (Å²) >= 11 is 0. The molecule has 3 aromatic rings. The fourth-order valence-electron chi connectivity index (χ4n) is 5.92. The van der Waals surface area contributed by atoms with Crippen LogP contribution in [0.1, 0.15) is 63.9 Å². The monoisotopic (exact) mass is 558 g/mol. The Hall–Kier alpha value is -4.38. The summed E-state index contributed by atoms with van der Waals surface area (Å²) in [6, 6.07) is 18.1. The number of hydrogen-bond donors (Lipinski definition) is 0. The largest absolute Gasteiger partial charge is 0.494 e. The summed E-state index contributed by atoms with van der Waals surface area (Å²) in [6.07, 6.45) is 3.49. The molecule has 2 saturated heterocycles. The fraction of sp³-hybridized carbons (Fsp3) is 0.333. The van der Waals surface area contributed by atoms with Gasteiger partial charge >= 0.3 is 0 Å². The van der Waals surface area contributed by atoms with Crippen LogP contribution in [-0.4, -0.2) is 61.0 Å². The van der Waals surface area contributed by atoms with Gasteiger partial charge in [-0.1, -0.05) is 30.0 Å². The van der Waals surface area contributed by atoms with Crippen LogP contribution in [0.3, 0.4) is 0 Å². The predicted molar refractivity (Wildman–Crippen MR) is 151 cm³/mol. The summed E-state index contributed by atoms with van der Waals surface area (Å²) < 4.78 is 39.6. The molecule has 0 aliphatic carbocycles. The van der Waals surface area contributed by atoms with Gasteiger partial charge in [-0.25, -0.2) is 4.39 Å². The zero-order valence-electron chi connectivity index (χ0n) is 23.2. The van der Waals surface area contributed by atoms with E-state index in [0.29, 0.717) is 44.5 Å². The Balaban J connectivity index is 1.30. The van der Waals surface area contributed by atoms with E-state index in [4.69, 9.17) is 9.47 Å². The second kappa shape index (κ2) is 12.0. The number of carbonyl (C=O) groups excluding carboxylic acids is 2. The highest BCUT2D eigenvalue weighted by molar-refractivity contribution is 5.96. The van der Waals surface area contributed by atoms with Crippen LogP contribution in [0, 0.1) is 23.5 Å². The third kappa shape index (κ3) is 5.62. The molecule has 2 fully saturated rings. The molecule has 8 heteroatoms. The molecule has 1 spiro atoms. The van der Waals surface area contributed by atoms with Crippen LogP contribution in [0.15, 0.2) is 60.7 Å². The zero-order valence-corrected chi connectivity index (χ0v) is 23.2. The number of halogens is 2. The molecule has 6 nitrogen and oxygen atoms in total. The van der Waals surface area contributed by atoms with Crippen molar-refractivity contribution in [2.45, 2.75) is 37.6 Å². The minimum absolute atomic E-state index is 0.0699. The molecule has 2 aliphatic rings. The lowest BCUT2D eigenvalue weighted by Crippen LogP contribution is -2.48. The van der Waals surface area contributed by atoms with E-state index in [1.165, 1.54) is 7.11 Å². The van der Waals surface area contributed by atoms with E-state index in [1.54, 1.807) is 17.0 Å². The third-order valence-corrected chi connectivity index (χ3v) is 8.08. The van der Waals surface area contributed by atoms with Crippen LogP contribution in [0.5, 0.6) is 11.5 Å². The molecule has 0 aromatic heterocycles.